The maximum atomic E-state index is 13.0. The van der Waals surface area contributed by atoms with Crippen LogP contribution in [0, 0.1) is 5.92 Å². The van der Waals surface area contributed by atoms with Crippen LogP contribution in [0.4, 0.5) is 31.5 Å². The van der Waals surface area contributed by atoms with Crippen LogP contribution in [0.15, 0.2) is 18.2 Å². The zero-order valence-corrected chi connectivity index (χ0v) is 17.8. The molecule has 1 aromatic heterocycles. The second-order valence-electron chi connectivity index (χ2n) is 7.80. The number of carbonyl (C=O) groups excluding carboxylic acids is 2. The number of anilines is 1. The zero-order chi connectivity index (χ0) is 23.8. The van der Waals surface area contributed by atoms with Crippen LogP contribution in [0.3, 0.4) is 0 Å². The lowest BCUT2D eigenvalue weighted by molar-refractivity contribution is -0.143. The quantitative estimate of drug-likeness (QED) is 0.601. The largest absolute Gasteiger partial charge is 0.416 e. The van der Waals surface area contributed by atoms with E-state index in [1.54, 1.807) is 4.90 Å². The summed E-state index contributed by atoms with van der Waals surface area (Å²) in [6.45, 7) is 4.58. The third-order valence-electron chi connectivity index (χ3n) is 4.74. The van der Waals surface area contributed by atoms with Crippen LogP contribution in [0.2, 0.25) is 0 Å². The molecule has 0 fully saturated rings. The van der Waals surface area contributed by atoms with Gasteiger partial charge in [0.15, 0.2) is 5.13 Å². The van der Waals surface area contributed by atoms with Crippen LogP contribution in [0.25, 0.3) is 0 Å². The van der Waals surface area contributed by atoms with E-state index in [-0.39, 0.29) is 29.6 Å². The van der Waals surface area contributed by atoms with Crippen molar-refractivity contribution in [2.75, 3.05) is 11.9 Å². The Kier molecular flexibility index (Phi) is 6.55. The van der Waals surface area contributed by atoms with Crippen molar-refractivity contribution in [1.29, 1.82) is 0 Å². The second kappa shape index (κ2) is 8.72. The topological polar surface area (TPSA) is 62.3 Å². The van der Waals surface area contributed by atoms with Crippen molar-refractivity contribution in [1.82, 2.24) is 9.88 Å². The molecule has 0 atom stereocenters. The molecule has 0 unspecified atom stereocenters. The predicted molar refractivity (Wildman–Crippen MR) is 105 cm³/mol. The number of benzene rings is 1. The van der Waals surface area contributed by atoms with Gasteiger partial charge in [-0.05, 0) is 24.1 Å². The molecule has 12 heteroatoms. The third-order valence-corrected chi connectivity index (χ3v) is 5.73. The Bertz CT molecular complexity index is 997. The molecule has 5 nitrogen and oxygen atoms in total. The Morgan fingerprint density at radius 1 is 1.09 bits per heavy atom. The molecular formula is C20H19F6N3O2S. The highest BCUT2D eigenvalue weighted by atomic mass is 32.1. The Balaban J connectivity index is 1.80. The molecule has 174 valence electrons. The fourth-order valence-electron chi connectivity index (χ4n) is 3.20. The van der Waals surface area contributed by atoms with Gasteiger partial charge in [0.25, 0.3) is 5.91 Å². The molecule has 0 aliphatic carbocycles. The van der Waals surface area contributed by atoms with E-state index in [0.717, 1.165) is 11.3 Å². The molecule has 2 heterocycles. The van der Waals surface area contributed by atoms with Gasteiger partial charge in [-0.3, -0.25) is 14.9 Å². The van der Waals surface area contributed by atoms with E-state index < -0.39 is 35.0 Å². The molecule has 32 heavy (non-hydrogen) atoms. The molecule has 0 radical (unpaired) electrons. The van der Waals surface area contributed by atoms with Gasteiger partial charge in [0, 0.05) is 29.8 Å². The highest BCUT2D eigenvalue weighted by Gasteiger charge is 2.37. The Morgan fingerprint density at radius 3 is 2.22 bits per heavy atom. The highest BCUT2D eigenvalue weighted by Crippen LogP contribution is 2.37. The van der Waals surface area contributed by atoms with Gasteiger partial charge in [0.1, 0.15) is 0 Å². The van der Waals surface area contributed by atoms with Gasteiger partial charge in [0.05, 0.1) is 23.4 Å². The molecule has 0 saturated carbocycles. The maximum absolute atomic E-state index is 13.0. The summed E-state index contributed by atoms with van der Waals surface area (Å²) in [7, 11) is 0. The number of carbonyl (C=O) groups is 2. The predicted octanol–water partition coefficient (Wildman–Crippen LogP) is 5.36. The fraction of sp³-hybridized carbons (Fsp3) is 0.450. The van der Waals surface area contributed by atoms with Crippen LogP contribution in [-0.2, 0) is 30.1 Å². The number of rotatable bonds is 4. The molecular weight excluding hydrogens is 460 g/mol. The van der Waals surface area contributed by atoms with Gasteiger partial charge < -0.3 is 4.90 Å². The van der Waals surface area contributed by atoms with E-state index in [1.165, 1.54) is 0 Å². The normalized spacial score (nSPS) is 14.5. The average Bonchev–Trinajstić information content (AvgIpc) is 3.07. The lowest BCUT2D eigenvalue weighted by Crippen LogP contribution is -2.36. The number of fused-ring (bicyclic) bond motifs is 1. The summed E-state index contributed by atoms with van der Waals surface area (Å²) < 4.78 is 78.1. The van der Waals surface area contributed by atoms with Crippen molar-refractivity contribution in [3.63, 3.8) is 0 Å². The molecule has 2 amide bonds. The van der Waals surface area contributed by atoms with Gasteiger partial charge >= 0.3 is 12.4 Å². The minimum Gasteiger partial charge on any atom is -0.337 e. The number of amides is 2. The molecule has 0 spiro atoms. The van der Waals surface area contributed by atoms with Crippen molar-refractivity contribution < 1.29 is 35.9 Å². The van der Waals surface area contributed by atoms with Gasteiger partial charge in [0.2, 0.25) is 5.91 Å². The first-order valence-corrected chi connectivity index (χ1v) is 10.4. The maximum Gasteiger partial charge on any atom is 0.416 e. The van der Waals surface area contributed by atoms with Crippen molar-refractivity contribution >= 4 is 28.3 Å². The average molecular weight is 479 g/mol. The fourth-order valence-corrected chi connectivity index (χ4v) is 4.21. The number of hydrogen-bond acceptors (Lipinski definition) is 4. The number of nitrogens with one attached hydrogen (secondary N) is 1. The van der Waals surface area contributed by atoms with E-state index in [9.17, 15) is 35.9 Å². The number of thiazole rings is 1. The van der Waals surface area contributed by atoms with Crippen LogP contribution < -0.4 is 5.32 Å². The Hall–Kier alpha value is -2.63. The second-order valence-corrected chi connectivity index (χ2v) is 8.88. The van der Waals surface area contributed by atoms with Gasteiger partial charge in [-0.1, -0.05) is 25.2 Å². The van der Waals surface area contributed by atoms with Crippen molar-refractivity contribution in [3.8, 4) is 0 Å². The SMILES string of the molecule is CC(C)CC(=O)N1CCc2nc(NC(=O)c3cc(C(F)(F)F)cc(C(F)(F)F)c3)sc2C1. The van der Waals surface area contributed by atoms with E-state index in [4.69, 9.17) is 0 Å². The highest BCUT2D eigenvalue weighted by molar-refractivity contribution is 7.15. The summed E-state index contributed by atoms with van der Waals surface area (Å²) in [5, 5.41) is 2.32. The third kappa shape index (κ3) is 5.59. The summed E-state index contributed by atoms with van der Waals surface area (Å²) in [6.07, 6.45) is -9.28. The number of halogens is 6. The number of alkyl halides is 6. The van der Waals surface area contributed by atoms with Gasteiger partial charge in [-0.2, -0.15) is 26.3 Å². The van der Waals surface area contributed by atoms with Crippen LogP contribution in [0.1, 0.15) is 52.3 Å². The molecule has 1 aliphatic heterocycles. The molecule has 1 aliphatic rings. The molecule has 3 rings (SSSR count). The van der Waals surface area contributed by atoms with E-state index in [1.807, 2.05) is 13.8 Å². The van der Waals surface area contributed by atoms with E-state index >= 15 is 0 Å². The summed E-state index contributed by atoms with van der Waals surface area (Å²) >= 11 is 1.04. The Labute approximate surface area is 183 Å². The lowest BCUT2D eigenvalue weighted by Gasteiger charge is -2.26. The summed E-state index contributed by atoms with van der Waals surface area (Å²) in [4.78, 5) is 31.3. The van der Waals surface area contributed by atoms with Crippen LogP contribution in [-0.4, -0.2) is 28.2 Å². The number of nitrogens with zero attached hydrogens (tertiary/aromatic N) is 2. The zero-order valence-electron chi connectivity index (χ0n) is 17.0. The lowest BCUT2D eigenvalue weighted by atomic mass is 10.0. The Morgan fingerprint density at radius 2 is 1.69 bits per heavy atom. The molecule has 0 saturated heterocycles. The smallest absolute Gasteiger partial charge is 0.337 e. The standard InChI is InChI=1S/C20H19F6N3O2S/c1-10(2)5-16(30)29-4-3-14-15(9-29)32-18(27-14)28-17(31)11-6-12(19(21,22)23)8-13(7-11)20(24,25)26/h6-8,10H,3-5,9H2,1-2H3,(H,27,28,31). The van der Waals surface area contributed by atoms with Crippen molar-refractivity contribution in [3.05, 3.63) is 45.5 Å². The molecule has 1 N–H and O–H groups in total. The first-order chi connectivity index (χ1) is 14.7. The summed E-state index contributed by atoms with van der Waals surface area (Å²) in [5.74, 6) is -0.969. The van der Waals surface area contributed by atoms with Crippen LogP contribution in [0.5, 0.6) is 0 Å². The number of aromatic nitrogens is 1. The summed E-state index contributed by atoms with van der Waals surface area (Å²) in [5.41, 5.74) is -3.29. The first-order valence-electron chi connectivity index (χ1n) is 9.61. The minimum absolute atomic E-state index is 0.0201. The van der Waals surface area contributed by atoms with Gasteiger partial charge in [-0.25, -0.2) is 4.98 Å². The van der Waals surface area contributed by atoms with Crippen LogP contribution >= 0.6 is 11.3 Å². The summed E-state index contributed by atoms with van der Waals surface area (Å²) in [6, 6.07) is 0.691. The van der Waals surface area contributed by atoms with E-state index in [2.05, 4.69) is 10.3 Å². The van der Waals surface area contributed by atoms with Crippen molar-refractivity contribution in [2.24, 2.45) is 5.92 Å². The first kappa shape index (κ1) is 24.0. The van der Waals surface area contributed by atoms with E-state index in [0.29, 0.717) is 42.1 Å². The molecule has 0 bridgehead atoms. The van der Waals surface area contributed by atoms with Gasteiger partial charge in [-0.15, -0.1) is 0 Å². The molecule has 1 aromatic carbocycles. The monoisotopic (exact) mass is 479 g/mol. The molecule has 2 aromatic rings. The number of hydrogen-bond donors (Lipinski definition) is 1. The van der Waals surface area contributed by atoms with Crippen molar-refractivity contribution in [2.45, 2.75) is 45.6 Å². The minimum atomic E-state index is -5.05.